The fraction of sp³-hybridized carbons (Fsp3) is 0.545. The number of aryl methyl sites for hydroxylation is 1. The van der Waals surface area contributed by atoms with Gasteiger partial charge in [0.15, 0.2) is 5.69 Å². The maximum Gasteiger partial charge on any atom is 0.326 e. The number of hydrogen-bond acceptors (Lipinski definition) is 3. The summed E-state index contributed by atoms with van der Waals surface area (Å²) in [6, 6.07) is -0.904. The number of carbonyl (C=O) groups excluding carboxylic acids is 1. The maximum atomic E-state index is 11.8. The summed E-state index contributed by atoms with van der Waals surface area (Å²) in [5.41, 5.74) is 1.77. The minimum absolute atomic E-state index is 0.184. The van der Waals surface area contributed by atoms with Crippen LogP contribution in [0.5, 0.6) is 0 Å². The summed E-state index contributed by atoms with van der Waals surface area (Å²) in [4.78, 5) is 22.8. The Morgan fingerprint density at radius 1 is 1.35 bits per heavy atom. The molecule has 3 N–H and O–H groups in total. The standard InChI is InChI=1S/C11H17N3O3/c1-5(2)8(11(16)17)12-10(15)9-6(3)7(4)13-14-9/h5,8H,1-4H3,(H,12,15)(H,13,14)(H,16,17)/t8-/m0/s1. The van der Waals surface area contributed by atoms with Crippen molar-refractivity contribution in [3.63, 3.8) is 0 Å². The summed E-state index contributed by atoms with van der Waals surface area (Å²) in [6.07, 6.45) is 0. The number of nitrogens with one attached hydrogen (secondary N) is 2. The molecule has 0 aliphatic heterocycles. The molecule has 1 heterocycles. The quantitative estimate of drug-likeness (QED) is 0.726. The maximum absolute atomic E-state index is 11.8. The Hall–Kier alpha value is -1.85. The van der Waals surface area contributed by atoms with E-state index < -0.39 is 17.9 Å². The van der Waals surface area contributed by atoms with Crippen LogP contribution >= 0.6 is 0 Å². The van der Waals surface area contributed by atoms with E-state index in [9.17, 15) is 9.59 Å². The number of nitrogens with zero attached hydrogens (tertiary/aromatic N) is 1. The van der Waals surface area contributed by atoms with E-state index in [1.165, 1.54) is 0 Å². The molecular weight excluding hydrogens is 222 g/mol. The Balaban J connectivity index is 2.85. The van der Waals surface area contributed by atoms with E-state index in [1.54, 1.807) is 27.7 Å². The van der Waals surface area contributed by atoms with Crippen LogP contribution in [-0.4, -0.2) is 33.2 Å². The minimum Gasteiger partial charge on any atom is -0.480 e. The highest BCUT2D eigenvalue weighted by atomic mass is 16.4. The van der Waals surface area contributed by atoms with Crippen molar-refractivity contribution in [1.29, 1.82) is 0 Å². The van der Waals surface area contributed by atoms with Crippen molar-refractivity contribution in [2.24, 2.45) is 5.92 Å². The summed E-state index contributed by atoms with van der Waals surface area (Å²) in [5, 5.41) is 18.0. The van der Waals surface area contributed by atoms with Gasteiger partial charge < -0.3 is 10.4 Å². The molecule has 1 rings (SSSR count). The molecule has 0 saturated heterocycles. The number of aromatic nitrogens is 2. The van der Waals surface area contributed by atoms with Crippen LogP contribution in [0.2, 0.25) is 0 Å². The van der Waals surface area contributed by atoms with Crippen molar-refractivity contribution in [3.8, 4) is 0 Å². The van der Waals surface area contributed by atoms with Crippen LogP contribution in [0.3, 0.4) is 0 Å². The molecule has 0 spiro atoms. The third-order valence-corrected chi connectivity index (χ3v) is 2.69. The predicted molar refractivity (Wildman–Crippen MR) is 61.8 cm³/mol. The number of carbonyl (C=O) groups is 2. The number of hydrogen-bond donors (Lipinski definition) is 3. The van der Waals surface area contributed by atoms with Crippen LogP contribution in [0.4, 0.5) is 0 Å². The highest BCUT2D eigenvalue weighted by Gasteiger charge is 2.25. The molecule has 0 aliphatic rings. The molecule has 0 aromatic carbocycles. The van der Waals surface area contributed by atoms with E-state index in [4.69, 9.17) is 5.11 Å². The lowest BCUT2D eigenvalue weighted by molar-refractivity contribution is -0.140. The Kier molecular flexibility index (Phi) is 3.88. The van der Waals surface area contributed by atoms with Crippen LogP contribution in [0.15, 0.2) is 0 Å². The fourth-order valence-electron chi connectivity index (χ4n) is 1.43. The van der Waals surface area contributed by atoms with Crippen molar-refractivity contribution >= 4 is 11.9 Å². The van der Waals surface area contributed by atoms with Crippen molar-refractivity contribution in [1.82, 2.24) is 15.5 Å². The summed E-state index contributed by atoms with van der Waals surface area (Å²) < 4.78 is 0. The number of aliphatic carboxylic acids is 1. The monoisotopic (exact) mass is 239 g/mol. The van der Waals surface area contributed by atoms with Crippen LogP contribution in [-0.2, 0) is 4.79 Å². The summed E-state index contributed by atoms with van der Waals surface area (Å²) in [7, 11) is 0. The summed E-state index contributed by atoms with van der Waals surface area (Å²) >= 11 is 0. The second kappa shape index (κ2) is 4.99. The van der Waals surface area contributed by atoms with Gasteiger partial charge in [0.2, 0.25) is 0 Å². The van der Waals surface area contributed by atoms with E-state index in [1.807, 2.05) is 0 Å². The summed E-state index contributed by atoms with van der Waals surface area (Å²) in [5.74, 6) is -1.69. The predicted octanol–water partition coefficient (Wildman–Crippen LogP) is 0.866. The largest absolute Gasteiger partial charge is 0.480 e. The van der Waals surface area contributed by atoms with Crippen molar-refractivity contribution < 1.29 is 14.7 Å². The van der Waals surface area contributed by atoms with E-state index >= 15 is 0 Å². The second-order valence-electron chi connectivity index (χ2n) is 4.36. The van der Waals surface area contributed by atoms with E-state index in [2.05, 4.69) is 15.5 Å². The van der Waals surface area contributed by atoms with Gasteiger partial charge in [0.1, 0.15) is 6.04 Å². The zero-order valence-corrected chi connectivity index (χ0v) is 10.4. The molecule has 0 aliphatic carbocycles. The third kappa shape index (κ3) is 2.83. The molecule has 6 nitrogen and oxygen atoms in total. The Labute approximate surface area is 99.4 Å². The number of aromatic amines is 1. The first-order chi connectivity index (χ1) is 7.84. The SMILES string of the molecule is Cc1[nH]nc(C(=O)N[C@H](C(=O)O)C(C)C)c1C. The molecule has 0 radical (unpaired) electrons. The first-order valence-electron chi connectivity index (χ1n) is 5.39. The Morgan fingerprint density at radius 3 is 2.29 bits per heavy atom. The van der Waals surface area contributed by atoms with Crippen molar-refractivity contribution in [3.05, 3.63) is 17.0 Å². The average molecular weight is 239 g/mol. The first kappa shape index (κ1) is 13.2. The zero-order chi connectivity index (χ0) is 13.2. The number of amides is 1. The zero-order valence-electron chi connectivity index (χ0n) is 10.4. The molecule has 0 bridgehead atoms. The highest BCUT2D eigenvalue weighted by Crippen LogP contribution is 2.09. The third-order valence-electron chi connectivity index (χ3n) is 2.69. The Bertz CT molecular complexity index is 437. The smallest absolute Gasteiger partial charge is 0.326 e. The van der Waals surface area contributed by atoms with Crippen LogP contribution in [0.25, 0.3) is 0 Å². The van der Waals surface area contributed by atoms with E-state index in [0.29, 0.717) is 0 Å². The molecule has 0 unspecified atom stereocenters. The molecule has 1 aromatic heterocycles. The molecule has 1 aromatic rings. The molecule has 1 atom stereocenters. The number of rotatable bonds is 4. The lowest BCUT2D eigenvalue weighted by Gasteiger charge is -2.17. The van der Waals surface area contributed by atoms with Gasteiger partial charge in [-0.25, -0.2) is 4.79 Å². The first-order valence-corrected chi connectivity index (χ1v) is 5.39. The van der Waals surface area contributed by atoms with Crippen LogP contribution < -0.4 is 5.32 Å². The fourth-order valence-corrected chi connectivity index (χ4v) is 1.43. The average Bonchev–Trinajstić information content (AvgIpc) is 2.55. The normalized spacial score (nSPS) is 12.5. The van der Waals surface area contributed by atoms with Gasteiger partial charge in [-0.2, -0.15) is 5.10 Å². The van der Waals surface area contributed by atoms with Gasteiger partial charge in [0, 0.05) is 11.3 Å². The van der Waals surface area contributed by atoms with E-state index in [-0.39, 0.29) is 11.6 Å². The molecule has 17 heavy (non-hydrogen) atoms. The second-order valence-corrected chi connectivity index (χ2v) is 4.36. The van der Waals surface area contributed by atoms with Crippen LogP contribution in [0.1, 0.15) is 35.6 Å². The van der Waals surface area contributed by atoms with Gasteiger partial charge >= 0.3 is 5.97 Å². The molecular formula is C11H17N3O3. The number of H-pyrrole nitrogens is 1. The highest BCUT2D eigenvalue weighted by molar-refractivity contribution is 5.96. The minimum atomic E-state index is -1.04. The lowest BCUT2D eigenvalue weighted by atomic mass is 10.0. The lowest BCUT2D eigenvalue weighted by Crippen LogP contribution is -2.44. The number of carboxylic acids is 1. The molecule has 94 valence electrons. The van der Waals surface area contributed by atoms with Gasteiger partial charge in [0.25, 0.3) is 5.91 Å². The van der Waals surface area contributed by atoms with Gasteiger partial charge in [-0.15, -0.1) is 0 Å². The summed E-state index contributed by atoms with van der Waals surface area (Å²) in [6.45, 7) is 7.04. The molecule has 0 saturated carbocycles. The topological polar surface area (TPSA) is 95.1 Å². The van der Waals surface area contributed by atoms with Gasteiger partial charge in [-0.05, 0) is 19.8 Å². The molecule has 1 amide bonds. The van der Waals surface area contributed by atoms with Crippen molar-refractivity contribution in [2.45, 2.75) is 33.7 Å². The van der Waals surface area contributed by atoms with Crippen molar-refractivity contribution in [2.75, 3.05) is 0 Å². The van der Waals surface area contributed by atoms with E-state index in [0.717, 1.165) is 11.3 Å². The van der Waals surface area contributed by atoms with Gasteiger partial charge in [-0.3, -0.25) is 9.89 Å². The Morgan fingerprint density at radius 2 is 1.94 bits per heavy atom. The van der Waals surface area contributed by atoms with Crippen LogP contribution in [0, 0.1) is 19.8 Å². The van der Waals surface area contributed by atoms with Gasteiger partial charge in [-0.1, -0.05) is 13.8 Å². The molecule has 0 fully saturated rings. The number of carboxylic acid groups (broad SMARTS) is 1. The van der Waals surface area contributed by atoms with Gasteiger partial charge in [0.05, 0.1) is 0 Å². The molecule has 6 heteroatoms.